The molecule has 2 aliphatic heterocycles. The average molecular weight is 487 g/mol. The highest BCUT2D eigenvalue weighted by molar-refractivity contribution is 5.93. The summed E-state index contributed by atoms with van der Waals surface area (Å²) >= 11 is 0. The molecule has 7 nitrogen and oxygen atoms in total. The maximum Gasteiger partial charge on any atom is 0.414 e. The molecule has 1 spiro atoms. The summed E-state index contributed by atoms with van der Waals surface area (Å²) in [5.74, 6) is 0.545. The van der Waals surface area contributed by atoms with Crippen LogP contribution < -0.4 is 5.32 Å². The number of nitrogens with zero attached hydrogens (tertiary/aromatic N) is 1. The Morgan fingerprint density at radius 3 is 2.69 bits per heavy atom. The molecule has 2 heterocycles. The van der Waals surface area contributed by atoms with Crippen molar-refractivity contribution in [2.45, 2.75) is 90.8 Å². The number of alkyl carbamates (subject to hydrolysis) is 1. The zero-order valence-electron chi connectivity index (χ0n) is 21.6. The topological polar surface area (TPSA) is 95.9 Å². The van der Waals surface area contributed by atoms with Gasteiger partial charge in [-0.05, 0) is 80.1 Å². The van der Waals surface area contributed by atoms with Gasteiger partial charge in [0.15, 0.2) is 0 Å². The van der Waals surface area contributed by atoms with E-state index in [1.165, 1.54) is 0 Å². The summed E-state index contributed by atoms with van der Waals surface area (Å²) in [5, 5.41) is 14.3. The van der Waals surface area contributed by atoms with Crippen molar-refractivity contribution in [2.75, 3.05) is 19.6 Å². The number of ketones is 1. The summed E-state index contributed by atoms with van der Waals surface area (Å²) < 4.78 is 6.20. The second kappa shape index (κ2) is 8.01. The lowest BCUT2D eigenvalue weighted by molar-refractivity contribution is -0.165. The minimum absolute atomic E-state index is 0.0399. The molecule has 6 rings (SSSR count). The molecule has 35 heavy (non-hydrogen) atoms. The van der Waals surface area contributed by atoms with Gasteiger partial charge >= 0.3 is 6.09 Å². The van der Waals surface area contributed by atoms with Crippen LogP contribution in [0.3, 0.4) is 0 Å². The molecule has 2 amide bonds. The standard InChI is InChI=1S/C28H42N2O5/c1-4-8-26(3)13-21(35-25(34)29-24(33)19-15-30-11-7-17(19)14-30)28-12-18(28)5-9-27(16(2)23(26)32)10-6-20(31)22(27)28/h16-19,21-23,32H,4-15H2,1-3H3,(H,29,33,34)/t16-,17+,18-,19-,21+,22?,23-,26+,27?,28-/m0/s1. The van der Waals surface area contributed by atoms with Crippen molar-refractivity contribution >= 4 is 17.8 Å². The van der Waals surface area contributed by atoms with Crippen LogP contribution in [0.4, 0.5) is 4.79 Å². The van der Waals surface area contributed by atoms with E-state index in [0.717, 1.165) is 64.6 Å². The SMILES string of the molecule is CCC[C@]1(C)C[C@@H](OC(=O)NC(=O)[C@H]2CN3CC[C@@H]2C3)[C@]23C[C@@H]2CCC2(CCC(=O)C23)[C@@H](C)[C@@H]1O. The number of rotatable bonds is 4. The Balaban J connectivity index is 1.29. The normalized spacial score (nSPS) is 51.7. The van der Waals surface area contributed by atoms with Crippen LogP contribution in [0.2, 0.25) is 0 Å². The fraction of sp³-hybridized carbons (Fsp3) is 0.893. The predicted octanol–water partition coefficient (Wildman–Crippen LogP) is 3.53. The second-order valence-corrected chi connectivity index (χ2v) is 13.3. The van der Waals surface area contributed by atoms with Crippen molar-refractivity contribution in [3.63, 3.8) is 0 Å². The molecule has 194 valence electrons. The van der Waals surface area contributed by atoms with E-state index >= 15 is 0 Å². The third-order valence-corrected chi connectivity index (χ3v) is 11.7. The summed E-state index contributed by atoms with van der Waals surface area (Å²) in [6.45, 7) is 9.14. The molecule has 4 aliphatic carbocycles. The number of piperidine rings is 1. The molecule has 6 aliphatic rings. The molecular weight excluding hydrogens is 444 g/mol. The fourth-order valence-electron chi connectivity index (χ4n) is 9.96. The molecule has 0 radical (unpaired) electrons. The summed E-state index contributed by atoms with van der Waals surface area (Å²) in [6.07, 6.45) is 6.00. The number of aliphatic hydroxyl groups excluding tert-OH is 1. The first-order valence-electron chi connectivity index (χ1n) is 14.1. The number of nitrogens with one attached hydrogen (secondary N) is 1. The van der Waals surface area contributed by atoms with E-state index in [2.05, 4.69) is 31.0 Å². The van der Waals surface area contributed by atoms with Gasteiger partial charge in [-0.2, -0.15) is 0 Å². The number of amides is 2. The van der Waals surface area contributed by atoms with Crippen molar-refractivity contribution in [3.05, 3.63) is 0 Å². The highest BCUT2D eigenvalue weighted by atomic mass is 16.6. The van der Waals surface area contributed by atoms with Crippen LogP contribution in [0, 0.1) is 45.8 Å². The molecule has 2 N–H and O–H groups in total. The van der Waals surface area contributed by atoms with Gasteiger partial charge in [0.05, 0.1) is 12.0 Å². The van der Waals surface area contributed by atoms with Crippen LogP contribution in [0.1, 0.15) is 78.6 Å². The third kappa shape index (κ3) is 3.32. The number of hydrogen-bond donors (Lipinski definition) is 2. The van der Waals surface area contributed by atoms with E-state index in [-0.39, 0.29) is 34.5 Å². The maximum atomic E-state index is 13.4. The Labute approximate surface area is 208 Å². The van der Waals surface area contributed by atoms with Crippen LogP contribution in [0.25, 0.3) is 0 Å². The lowest BCUT2D eigenvalue weighted by Crippen LogP contribution is -2.58. The smallest absolute Gasteiger partial charge is 0.414 e. The van der Waals surface area contributed by atoms with E-state index in [1.807, 2.05) is 0 Å². The van der Waals surface area contributed by atoms with E-state index in [4.69, 9.17) is 4.74 Å². The van der Waals surface area contributed by atoms with E-state index in [1.54, 1.807) is 0 Å². The Hall–Kier alpha value is -1.47. The third-order valence-electron chi connectivity index (χ3n) is 11.7. The fourth-order valence-corrected chi connectivity index (χ4v) is 9.96. The van der Waals surface area contributed by atoms with Crippen LogP contribution in [0.15, 0.2) is 0 Å². The van der Waals surface area contributed by atoms with Gasteiger partial charge in [-0.25, -0.2) is 4.79 Å². The van der Waals surface area contributed by atoms with Gasteiger partial charge < -0.3 is 14.7 Å². The molecule has 0 aromatic heterocycles. The molecule has 0 aromatic rings. The molecule has 11 atom stereocenters. The van der Waals surface area contributed by atoms with Gasteiger partial charge in [-0.15, -0.1) is 0 Å². The Bertz CT molecular complexity index is 938. The number of fused-ring (bicyclic) bond motifs is 2. The zero-order valence-corrected chi connectivity index (χ0v) is 21.6. The first-order valence-corrected chi connectivity index (χ1v) is 14.1. The van der Waals surface area contributed by atoms with Crippen molar-refractivity contribution in [1.82, 2.24) is 10.2 Å². The van der Waals surface area contributed by atoms with Gasteiger partial charge in [0.2, 0.25) is 5.91 Å². The molecule has 3 unspecified atom stereocenters. The van der Waals surface area contributed by atoms with Crippen molar-refractivity contribution < 1.29 is 24.2 Å². The second-order valence-electron chi connectivity index (χ2n) is 13.3. The quantitative estimate of drug-likeness (QED) is 0.631. The molecular formula is C28H42N2O5. The van der Waals surface area contributed by atoms with Gasteiger partial charge in [0.25, 0.3) is 0 Å². The number of hydrogen-bond acceptors (Lipinski definition) is 6. The van der Waals surface area contributed by atoms with Crippen LogP contribution in [0.5, 0.6) is 0 Å². The summed E-state index contributed by atoms with van der Waals surface area (Å²) in [7, 11) is 0. The molecule has 4 saturated carbocycles. The minimum atomic E-state index is -0.665. The predicted molar refractivity (Wildman–Crippen MR) is 129 cm³/mol. The van der Waals surface area contributed by atoms with E-state index < -0.39 is 23.7 Å². The molecule has 6 fully saturated rings. The summed E-state index contributed by atoms with van der Waals surface area (Å²) in [4.78, 5) is 41.8. The number of carbonyl (C=O) groups excluding carboxylic acids is 3. The van der Waals surface area contributed by atoms with Gasteiger partial charge in [0.1, 0.15) is 11.9 Å². The number of aliphatic hydroxyl groups is 1. The zero-order chi connectivity index (χ0) is 24.8. The Kier molecular flexibility index (Phi) is 5.47. The van der Waals surface area contributed by atoms with E-state index in [9.17, 15) is 19.5 Å². The maximum absolute atomic E-state index is 13.4. The average Bonchev–Trinajstić information content (AvgIpc) is 3.10. The number of Topliss-reactive ketones (excluding diaryl/α,β-unsaturated/α-hetero) is 1. The van der Waals surface area contributed by atoms with Crippen molar-refractivity contribution in [2.24, 2.45) is 45.8 Å². The van der Waals surface area contributed by atoms with Crippen LogP contribution >= 0.6 is 0 Å². The summed E-state index contributed by atoms with van der Waals surface area (Å²) in [5.41, 5.74) is -0.930. The Morgan fingerprint density at radius 2 is 2.00 bits per heavy atom. The van der Waals surface area contributed by atoms with Crippen molar-refractivity contribution in [1.29, 1.82) is 0 Å². The highest BCUT2D eigenvalue weighted by Crippen LogP contribution is 2.77. The number of carbonyl (C=O) groups is 3. The molecule has 4 bridgehead atoms. The first kappa shape index (κ1) is 23.9. The van der Waals surface area contributed by atoms with Gasteiger partial charge in [-0.3, -0.25) is 14.9 Å². The van der Waals surface area contributed by atoms with Gasteiger partial charge in [0, 0.05) is 30.8 Å². The van der Waals surface area contributed by atoms with Crippen LogP contribution in [-0.4, -0.2) is 59.6 Å². The largest absolute Gasteiger partial charge is 0.445 e. The molecule has 7 heteroatoms. The molecule has 2 saturated heterocycles. The van der Waals surface area contributed by atoms with E-state index in [0.29, 0.717) is 30.5 Å². The summed E-state index contributed by atoms with van der Waals surface area (Å²) in [6, 6.07) is 0. The lowest BCUT2D eigenvalue weighted by Gasteiger charge is -2.56. The van der Waals surface area contributed by atoms with Crippen LogP contribution in [-0.2, 0) is 14.3 Å². The number of ether oxygens (including phenoxy) is 1. The Morgan fingerprint density at radius 1 is 1.20 bits per heavy atom. The van der Waals surface area contributed by atoms with Crippen molar-refractivity contribution in [3.8, 4) is 0 Å². The number of imide groups is 1. The highest BCUT2D eigenvalue weighted by Gasteiger charge is 2.77. The first-order chi connectivity index (χ1) is 16.6. The monoisotopic (exact) mass is 486 g/mol. The van der Waals surface area contributed by atoms with Gasteiger partial charge in [-0.1, -0.05) is 27.2 Å². The molecule has 0 aromatic carbocycles. The lowest BCUT2D eigenvalue weighted by atomic mass is 9.50. The minimum Gasteiger partial charge on any atom is -0.445 e.